The molecule has 1 aliphatic heterocycles. The molecule has 2 amide bonds. The van der Waals surface area contributed by atoms with Crippen LogP contribution < -0.4 is 0 Å². The summed E-state index contributed by atoms with van der Waals surface area (Å²) in [6.45, 7) is 6.80. The summed E-state index contributed by atoms with van der Waals surface area (Å²) < 4.78 is 0. The van der Waals surface area contributed by atoms with Gasteiger partial charge >= 0.3 is 6.09 Å². The molecule has 1 saturated heterocycles. The van der Waals surface area contributed by atoms with Gasteiger partial charge in [-0.15, -0.1) is 11.3 Å². The Bertz CT molecular complexity index is 741. The number of piperidine rings is 1. The molecule has 7 heteroatoms. The Kier molecular flexibility index (Phi) is 4.74. The van der Waals surface area contributed by atoms with Gasteiger partial charge in [-0.3, -0.25) is 9.69 Å². The van der Waals surface area contributed by atoms with Crippen LogP contribution in [0.3, 0.4) is 0 Å². The Labute approximate surface area is 170 Å². The first-order chi connectivity index (χ1) is 13.2. The molecule has 1 aromatic rings. The Morgan fingerprint density at radius 1 is 1.18 bits per heavy atom. The molecule has 154 valence electrons. The Hall–Kier alpha value is -1.60. The Balaban J connectivity index is 1.51. The minimum Gasteiger partial charge on any atom is -0.465 e. The van der Waals surface area contributed by atoms with Crippen molar-refractivity contribution in [2.75, 3.05) is 13.1 Å². The predicted octanol–water partition coefficient (Wildman–Crippen LogP) is 3.36. The number of aliphatic hydroxyl groups is 1. The first-order valence-corrected chi connectivity index (χ1v) is 11.1. The SMILES string of the molecule is CC(C)(C)N(C(=O)O)C1C2CN(C(=O)C(O)(c3cccs3)C3CCCC3)CC21. The quantitative estimate of drug-likeness (QED) is 0.803. The standard InChI is InChI=1S/C21H30N2O4S/c1-20(2,3)23(19(25)26)17-14-11-22(12-15(14)17)18(24)21(27,13-7-4-5-8-13)16-9-6-10-28-16/h6,9-10,13-15,17,27H,4-5,7-8,11-12H2,1-3H3,(H,25,26). The van der Waals surface area contributed by atoms with Crippen LogP contribution in [0.1, 0.15) is 51.3 Å². The van der Waals surface area contributed by atoms with Crippen molar-refractivity contribution in [2.24, 2.45) is 17.8 Å². The summed E-state index contributed by atoms with van der Waals surface area (Å²) in [5.74, 6) is 0.132. The monoisotopic (exact) mass is 406 g/mol. The van der Waals surface area contributed by atoms with E-state index in [9.17, 15) is 19.8 Å². The fourth-order valence-electron chi connectivity index (χ4n) is 5.47. The highest BCUT2D eigenvalue weighted by Gasteiger charge is 2.63. The van der Waals surface area contributed by atoms with E-state index in [4.69, 9.17) is 0 Å². The van der Waals surface area contributed by atoms with E-state index in [1.54, 1.807) is 9.80 Å². The van der Waals surface area contributed by atoms with Crippen molar-refractivity contribution in [3.8, 4) is 0 Å². The summed E-state index contributed by atoms with van der Waals surface area (Å²) >= 11 is 1.45. The molecule has 0 radical (unpaired) electrons. The van der Waals surface area contributed by atoms with Crippen LogP contribution >= 0.6 is 11.3 Å². The van der Waals surface area contributed by atoms with Gasteiger partial charge in [0, 0.05) is 47.3 Å². The molecule has 1 aromatic heterocycles. The van der Waals surface area contributed by atoms with Crippen molar-refractivity contribution in [1.82, 2.24) is 9.80 Å². The van der Waals surface area contributed by atoms with Crippen molar-refractivity contribution in [1.29, 1.82) is 0 Å². The lowest BCUT2D eigenvalue weighted by atomic mass is 9.83. The number of hydrogen-bond donors (Lipinski definition) is 2. The smallest absolute Gasteiger partial charge is 0.408 e. The zero-order valence-electron chi connectivity index (χ0n) is 16.8. The van der Waals surface area contributed by atoms with E-state index in [0.29, 0.717) is 13.1 Å². The molecule has 0 aromatic carbocycles. The number of hydrogen-bond acceptors (Lipinski definition) is 4. The van der Waals surface area contributed by atoms with Gasteiger partial charge in [0.25, 0.3) is 5.91 Å². The first-order valence-electron chi connectivity index (χ1n) is 10.2. The number of fused-ring (bicyclic) bond motifs is 1. The second-order valence-electron chi connectivity index (χ2n) is 9.58. The van der Waals surface area contributed by atoms with E-state index in [0.717, 1.165) is 30.6 Å². The zero-order chi connectivity index (χ0) is 20.3. The Morgan fingerprint density at radius 3 is 2.25 bits per heavy atom. The molecule has 2 saturated carbocycles. The normalized spacial score (nSPS) is 29.4. The number of rotatable bonds is 4. The summed E-state index contributed by atoms with van der Waals surface area (Å²) in [6.07, 6.45) is 2.96. The van der Waals surface area contributed by atoms with Crippen LogP contribution in [-0.4, -0.2) is 56.7 Å². The van der Waals surface area contributed by atoms with Crippen molar-refractivity contribution in [3.05, 3.63) is 22.4 Å². The molecule has 2 aliphatic carbocycles. The maximum atomic E-state index is 13.5. The van der Waals surface area contributed by atoms with Gasteiger partial charge in [-0.25, -0.2) is 4.79 Å². The molecular weight excluding hydrogens is 376 g/mol. The molecule has 3 fully saturated rings. The van der Waals surface area contributed by atoms with Crippen LogP contribution in [0.4, 0.5) is 4.79 Å². The molecule has 6 nitrogen and oxygen atoms in total. The number of carbonyl (C=O) groups is 2. The highest BCUT2D eigenvalue weighted by atomic mass is 32.1. The van der Waals surface area contributed by atoms with Gasteiger partial charge in [-0.1, -0.05) is 18.9 Å². The van der Waals surface area contributed by atoms with Gasteiger partial charge in [0.15, 0.2) is 5.60 Å². The van der Waals surface area contributed by atoms with E-state index in [-0.39, 0.29) is 29.7 Å². The molecule has 3 aliphatic rings. The lowest BCUT2D eigenvalue weighted by Crippen LogP contribution is -2.53. The van der Waals surface area contributed by atoms with Gasteiger partial charge in [0.05, 0.1) is 0 Å². The average Bonchev–Trinajstić information content (AvgIpc) is 3.19. The van der Waals surface area contributed by atoms with Gasteiger partial charge in [0.2, 0.25) is 0 Å². The van der Waals surface area contributed by atoms with Crippen LogP contribution in [0.25, 0.3) is 0 Å². The fourth-order valence-corrected chi connectivity index (χ4v) is 6.36. The second kappa shape index (κ2) is 6.73. The summed E-state index contributed by atoms with van der Waals surface area (Å²) in [5, 5.41) is 23.2. The van der Waals surface area contributed by atoms with E-state index in [1.165, 1.54) is 11.3 Å². The topological polar surface area (TPSA) is 81.1 Å². The molecule has 0 spiro atoms. The molecule has 4 rings (SSSR count). The summed E-state index contributed by atoms with van der Waals surface area (Å²) in [7, 11) is 0. The molecule has 2 heterocycles. The molecule has 2 N–H and O–H groups in total. The van der Waals surface area contributed by atoms with Crippen LogP contribution in [0.2, 0.25) is 0 Å². The lowest BCUT2D eigenvalue weighted by molar-refractivity contribution is -0.158. The first kappa shape index (κ1) is 19.7. The maximum absolute atomic E-state index is 13.5. The van der Waals surface area contributed by atoms with Gasteiger partial charge in [-0.05, 0) is 45.1 Å². The van der Waals surface area contributed by atoms with Crippen LogP contribution in [-0.2, 0) is 10.4 Å². The number of thiophene rings is 1. The maximum Gasteiger partial charge on any atom is 0.408 e. The van der Waals surface area contributed by atoms with E-state index < -0.39 is 17.2 Å². The zero-order valence-corrected chi connectivity index (χ0v) is 17.6. The molecule has 3 atom stereocenters. The average molecular weight is 407 g/mol. The number of amides is 2. The van der Waals surface area contributed by atoms with Gasteiger partial charge in [0.1, 0.15) is 0 Å². The third-order valence-corrected chi connectivity index (χ3v) is 7.83. The minimum absolute atomic E-state index is 0.0251. The Morgan fingerprint density at radius 2 is 1.79 bits per heavy atom. The summed E-state index contributed by atoms with van der Waals surface area (Å²) in [4.78, 5) is 29.3. The molecular formula is C21H30N2O4S. The number of carbonyl (C=O) groups excluding carboxylic acids is 1. The van der Waals surface area contributed by atoms with Gasteiger partial charge < -0.3 is 15.1 Å². The highest BCUT2D eigenvalue weighted by molar-refractivity contribution is 7.10. The van der Waals surface area contributed by atoms with Crippen molar-refractivity contribution in [3.63, 3.8) is 0 Å². The van der Waals surface area contributed by atoms with E-state index >= 15 is 0 Å². The minimum atomic E-state index is -1.44. The van der Waals surface area contributed by atoms with Crippen LogP contribution in [0.5, 0.6) is 0 Å². The number of carboxylic acid groups (broad SMARTS) is 1. The fraction of sp³-hybridized carbons (Fsp3) is 0.714. The number of likely N-dealkylation sites (tertiary alicyclic amines) is 1. The summed E-state index contributed by atoms with van der Waals surface area (Å²) in [5.41, 5.74) is -1.90. The van der Waals surface area contributed by atoms with Crippen LogP contribution in [0, 0.1) is 17.8 Å². The van der Waals surface area contributed by atoms with Crippen molar-refractivity contribution >= 4 is 23.3 Å². The molecule has 28 heavy (non-hydrogen) atoms. The molecule has 3 unspecified atom stereocenters. The highest BCUT2D eigenvalue weighted by Crippen LogP contribution is 2.52. The molecule has 0 bridgehead atoms. The van der Waals surface area contributed by atoms with Crippen LogP contribution in [0.15, 0.2) is 17.5 Å². The second-order valence-corrected chi connectivity index (χ2v) is 10.5. The summed E-state index contributed by atoms with van der Waals surface area (Å²) in [6, 6.07) is 3.73. The van der Waals surface area contributed by atoms with E-state index in [2.05, 4.69) is 0 Å². The predicted molar refractivity (Wildman–Crippen MR) is 107 cm³/mol. The van der Waals surface area contributed by atoms with Crippen molar-refractivity contribution in [2.45, 2.75) is 63.6 Å². The largest absolute Gasteiger partial charge is 0.465 e. The van der Waals surface area contributed by atoms with Gasteiger partial charge in [-0.2, -0.15) is 0 Å². The third kappa shape index (κ3) is 3.03. The van der Waals surface area contributed by atoms with Crippen molar-refractivity contribution < 1.29 is 19.8 Å². The van der Waals surface area contributed by atoms with E-state index in [1.807, 2.05) is 38.3 Å². The lowest BCUT2D eigenvalue weighted by Gasteiger charge is -2.38. The third-order valence-electron chi connectivity index (χ3n) is 6.83. The number of nitrogens with zero attached hydrogens (tertiary/aromatic N) is 2.